The number of anilines is 1. The maximum Gasteiger partial charge on any atom is 0.269 e. The molecule has 0 spiro atoms. The largest absolute Gasteiger partial charge is 0.386 e. The van der Waals surface area contributed by atoms with Gasteiger partial charge < -0.3 is 16.0 Å². The van der Waals surface area contributed by atoms with E-state index in [1.54, 1.807) is 24.5 Å². The van der Waals surface area contributed by atoms with E-state index < -0.39 is 4.92 Å². The molecular formula is C18H16ClN5O2. The average Bonchev–Trinajstić information content (AvgIpc) is 2.65. The van der Waals surface area contributed by atoms with E-state index in [2.05, 4.69) is 15.6 Å². The van der Waals surface area contributed by atoms with Crippen molar-refractivity contribution >= 4 is 40.8 Å². The summed E-state index contributed by atoms with van der Waals surface area (Å²) in [6.45, 7) is 0.485. The molecule has 1 aromatic carbocycles. The van der Waals surface area contributed by atoms with E-state index in [0.717, 1.165) is 22.5 Å². The molecule has 7 nitrogen and oxygen atoms in total. The first-order valence-electron chi connectivity index (χ1n) is 7.83. The normalized spacial score (nSPS) is 15.7. The van der Waals surface area contributed by atoms with Crippen molar-refractivity contribution < 1.29 is 4.92 Å². The molecule has 2 aromatic rings. The van der Waals surface area contributed by atoms with E-state index >= 15 is 0 Å². The van der Waals surface area contributed by atoms with E-state index in [4.69, 9.17) is 17.0 Å². The van der Waals surface area contributed by atoms with Crippen LogP contribution >= 0.6 is 11.6 Å². The summed E-state index contributed by atoms with van der Waals surface area (Å²) in [5.74, 6) is 0. The number of nitrogens with one attached hydrogen (secondary N) is 3. The summed E-state index contributed by atoms with van der Waals surface area (Å²) in [6.07, 6.45) is 8.32. The van der Waals surface area contributed by atoms with Gasteiger partial charge in [-0.25, -0.2) is 0 Å². The zero-order valence-corrected chi connectivity index (χ0v) is 14.4. The van der Waals surface area contributed by atoms with Crippen molar-refractivity contribution in [1.82, 2.24) is 10.3 Å². The Labute approximate surface area is 155 Å². The van der Waals surface area contributed by atoms with Gasteiger partial charge in [0.2, 0.25) is 0 Å². The van der Waals surface area contributed by atoms with Crippen molar-refractivity contribution in [2.24, 2.45) is 0 Å². The van der Waals surface area contributed by atoms with Crippen LogP contribution in [-0.4, -0.2) is 21.6 Å². The van der Waals surface area contributed by atoms with Crippen molar-refractivity contribution in [1.29, 1.82) is 5.41 Å². The molecule has 1 unspecified atom stereocenters. The molecule has 0 aliphatic carbocycles. The van der Waals surface area contributed by atoms with Crippen molar-refractivity contribution in [2.45, 2.75) is 12.0 Å². The molecule has 0 amide bonds. The summed E-state index contributed by atoms with van der Waals surface area (Å²) in [5.41, 5.74) is 3.72. The lowest BCUT2D eigenvalue weighted by molar-refractivity contribution is -0.384. The molecule has 2 heterocycles. The second-order valence-electron chi connectivity index (χ2n) is 5.61. The number of nitro groups is 1. The fraction of sp³-hybridized carbons (Fsp3) is 0.111. The van der Waals surface area contributed by atoms with Gasteiger partial charge in [0, 0.05) is 48.4 Å². The minimum atomic E-state index is -0.429. The predicted molar refractivity (Wildman–Crippen MR) is 103 cm³/mol. The second-order valence-corrected chi connectivity index (χ2v) is 6.08. The van der Waals surface area contributed by atoms with Crippen LogP contribution in [0.1, 0.15) is 16.8 Å². The molecule has 3 rings (SSSR count). The first kappa shape index (κ1) is 17.6. The third-order valence-electron chi connectivity index (χ3n) is 3.83. The van der Waals surface area contributed by atoms with Gasteiger partial charge in [-0.3, -0.25) is 15.1 Å². The number of alkyl halides is 1. The molecular weight excluding hydrogens is 354 g/mol. The molecule has 0 radical (unpaired) electrons. The number of halogens is 1. The molecule has 26 heavy (non-hydrogen) atoms. The number of nitrogens with zero attached hydrogens (tertiary/aromatic N) is 2. The van der Waals surface area contributed by atoms with Crippen LogP contribution in [0.2, 0.25) is 0 Å². The highest BCUT2D eigenvalue weighted by atomic mass is 35.5. The number of non-ortho nitro benzene ring substituents is 1. The first-order valence-corrected chi connectivity index (χ1v) is 8.27. The quantitative estimate of drug-likeness (QED) is 0.236. The van der Waals surface area contributed by atoms with Gasteiger partial charge in [0.25, 0.3) is 5.69 Å². The lowest BCUT2D eigenvalue weighted by Gasteiger charge is -2.17. The number of benzene rings is 1. The van der Waals surface area contributed by atoms with Crippen molar-refractivity contribution in [3.05, 3.63) is 75.7 Å². The average molecular weight is 370 g/mol. The number of hydrogen-bond acceptors (Lipinski definition) is 6. The molecule has 1 atom stereocenters. The zero-order chi connectivity index (χ0) is 18.5. The Kier molecular flexibility index (Phi) is 5.28. The van der Waals surface area contributed by atoms with Crippen molar-refractivity contribution in [2.75, 3.05) is 5.32 Å². The molecule has 0 fully saturated rings. The number of allylic oxidation sites excluding steroid dienone is 1. The Hall–Kier alpha value is -3.19. The van der Waals surface area contributed by atoms with Gasteiger partial charge in [-0.2, -0.15) is 0 Å². The summed E-state index contributed by atoms with van der Waals surface area (Å²) in [6, 6.07) is 8.22. The monoisotopic (exact) mass is 369 g/mol. The standard InChI is InChI=1S/C18H16ClN5O2/c19-18-6-5-16-17(23-18)7-13(11-22-16)14(8-20)10-21-9-12-1-3-15(4-2-12)24(25)26/h1-8,10-11,18,20-21,23H,9H2/b14-10+,20-8?. The molecule has 1 aliphatic rings. The van der Waals surface area contributed by atoms with Gasteiger partial charge in [-0.05, 0) is 23.8 Å². The lowest BCUT2D eigenvalue weighted by Crippen LogP contribution is -2.14. The molecule has 0 saturated carbocycles. The SMILES string of the molecule is N=C/C(=C\NCc1ccc([N+](=O)[O-])cc1)c1cnc2c(c1)NC(Cl)C=C2. The maximum atomic E-state index is 10.7. The molecule has 0 bridgehead atoms. The third kappa shape index (κ3) is 4.07. The lowest BCUT2D eigenvalue weighted by atomic mass is 10.1. The van der Waals surface area contributed by atoms with E-state index in [0.29, 0.717) is 12.1 Å². The highest BCUT2D eigenvalue weighted by molar-refractivity contribution is 6.23. The minimum absolute atomic E-state index is 0.0590. The number of pyridine rings is 1. The summed E-state index contributed by atoms with van der Waals surface area (Å²) < 4.78 is 0. The van der Waals surface area contributed by atoms with E-state index in [-0.39, 0.29) is 11.2 Å². The van der Waals surface area contributed by atoms with Crippen LogP contribution in [0.25, 0.3) is 11.6 Å². The van der Waals surface area contributed by atoms with Crippen LogP contribution in [0.5, 0.6) is 0 Å². The van der Waals surface area contributed by atoms with Crippen LogP contribution in [0.15, 0.2) is 48.8 Å². The van der Waals surface area contributed by atoms with Gasteiger partial charge in [-0.15, -0.1) is 0 Å². The fourth-order valence-corrected chi connectivity index (χ4v) is 2.67. The topological polar surface area (TPSA) is 104 Å². The van der Waals surface area contributed by atoms with Crippen molar-refractivity contribution in [3.8, 4) is 0 Å². The van der Waals surface area contributed by atoms with Gasteiger partial charge in [0.1, 0.15) is 5.50 Å². The number of nitro benzene ring substituents is 1. The predicted octanol–water partition coefficient (Wildman–Crippen LogP) is 3.77. The van der Waals surface area contributed by atoms with Crippen LogP contribution < -0.4 is 10.6 Å². The summed E-state index contributed by atoms with van der Waals surface area (Å²) in [4.78, 5) is 14.6. The van der Waals surface area contributed by atoms with Gasteiger partial charge in [0.15, 0.2) is 0 Å². The maximum absolute atomic E-state index is 10.7. The van der Waals surface area contributed by atoms with Gasteiger partial charge >= 0.3 is 0 Å². The minimum Gasteiger partial charge on any atom is -0.386 e. The summed E-state index contributed by atoms with van der Waals surface area (Å²) in [5, 5.41) is 24.5. The van der Waals surface area contributed by atoms with E-state index in [1.165, 1.54) is 18.3 Å². The van der Waals surface area contributed by atoms with E-state index in [1.807, 2.05) is 18.2 Å². The fourth-order valence-electron chi connectivity index (χ4n) is 2.48. The van der Waals surface area contributed by atoms with Crippen molar-refractivity contribution in [3.63, 3.8) is 0 Å². The second kappa shape index (κ2) is 7.79. The number of aromatic nitrogens is 1. The number of rotatable bonds is 6. The Morgan fingerprint density at radius 1 is 1.42 bits per heavy atom. The summed E-state index contributed by atoms with van der Waals surface area (Å²) in [7, 11) is 0. The van der Waals surface area contributed by atoms with E-state index in [9.17, 15) is 10.1 Å². The Morgan fingerprint density at radius 2 is 2.19 bits per heavy atom. The highest BCUT2D eigenvalue weighted by Gasteiger charge is 2.12. The summed E-state index contributed by atoms with van der Waals surface area (Å²) >= 11 is 6.05. The van der Waals surface area contributed by atoms with Crippen LogP contribution in [0.4, 0.5) is 11.4 Å². The third-order valence-corrected chi connectivity index (χ3v) is 4.09. The molecule has 8 heteroatoms. The highest BCUT2D eigenvalue weighted by Crippen LogP contribution is 2.25. The Balaban J connectivity index is 1.70. The molecule has 3 N–H and O–H groups in total. The van der Waals surface area contributed by atoms with Crippen LogP contribution in [-0.2, 0) is 6.54 Å². The molecule has 132 valence electrons. The Morgan fingerprint density at radius 3 is 2.88 bits per heavy atom. The van der Waals surface area contributed by atoms with Crippen LogP contribution in [0.3, 0.4) is 0 Å². The van der Waals surface area contributed by atoms with Gasteiger partial charge in [-0.1, -0.05) is 23.7 Å². The molecule has 1 aliphatic heterocycles. The Bertz CT molecular complexity index is 893. The van der Waals surface area contributed by atoms with Gasteiger partial charge in [0.05, 0.1) is 16.3 Å². The smallest absolute Gasteiger partial charge is 0.269 e. The first-order chi connectivity index (χ1) is 12.6. The number of hydrogen-bond donors (Lipinski definition) is 3. The number of fused-ring (bicyclic) bond motifs is 1. The zero-order valence-electron chi connectivity index (χ0n) is 13.6. The molecule has 1 aromatic heterocycles. The van der Waals surface area contributed by atoms with Crippen LogP contribution in [0, 0.1) is 15.5 Å². The molecule has 0 saturated heterocycles.